The first kappa shape index (κ1) is 14.8. The third-order valence-corrected chi connectivity index (χ3v) is 2.62. The summed E-state index contributed by atoms with van der Waals surface area (Å²) < 4.78 is 37.0. The van der Waals surface area contributed by atoms with E-state index in [4.69, 9.17) is 0 Å². The molecule has 0 amide bonds. The van der Waals surface area contributed by atoms with E-state index in [0.29, 0.717) is 17.8 Å². The van der Waals surface area contributed by atoms with Gasteiger partial charge in [-0.15, -0.1) is 0 Å². The lowest BCUT2D eigenvalue weighted by Crippen LogP contribution is -2.34. The van der Waals surface area contributed by atoms with E-state index < -0.39 is 18.8 Å². The molecule has 1 atom stereocenters. The van der Waals surface area contributed by atoms with Gasteiger partial charge in [-0.3, -0.25) is 4.98 Å². The Morgan fingerprint density at radius 2 is 2.00 bits per heavy atom. The lowest BCUT2D eigenvalue weighted by atomic mass is 10.2. The normalized spacial score (nSPS) is 13.4. The topological polar surface area (TPSA) is 36.4 Å². The van der Waals surface area contributed by atoms with E-state index in [1.54, 1.807) is 19.1 Å². The number of alkyl halides is 3. The summed E-state index contributed by atoms with van der Waals surface area (Å²) in [7, 11) is 0. The van der Waals surface area contributed by atoms with Crippen LogP contribution in [0, 0.1) is 0 Å². The average Bonchev–Trinajstić information content (AvgIpc) is 2.34. The molecule has 102 valence electrons. The molecule has 0 saturated heterocycles. The van der Waals surface area contributed by atoms with Crippen molar-refractivity contribution >= 4 is 5.69 Å². The molecule has 0 saturated carbocycles. The van der Waals surface area contributed by atoms with E-state index in [0.717, 1.165) is 0 Å². The van der Waals surface area contributed by atoms with Gasteiger partial charge in [0.25, 0.3) is 0 Å². The van der Waals surface area contributed by atoms with E-state index in [-0.39, 0.29) is 6.54 Å². The van der Waals surface area contributed by atoms with Crippen LogP contribution in [0.2, 0.25) is 0 Å². The van der Waals surface area contributed by atoms with Gasteiger partial charge in [-0.25, -0.2) is 0 Å². The van der Waals surface area contributed by atoms with Crippen molar-refractivity contribution in [1.29, 1.82) is 0 Å². The van der Waals surface area contributed by atoms with Gasteiger partial charge in [-0.2, -0.15) is 13.2 Å². The zero-order chi connectivity index (χ0) is 13.8. The molecular weight excluding hydrogens is 245 g/mol. The number of nitrogens with zero attached hydrogens (tertiary/aromatic N) is 2. The predicted molar refractivity (Wildman–Crippen MR) is 63.4 cm³/mol. The van der Waals surface area contributed by atoms with Gasteiger partial charge in [0.2, 0.25) is 0 Å². The van der Waals surface area contributed by atoms with Gasteiger partial charge in [0, 0.05) is 6.54 Å². The Kier molecular flexibility index (Phi) is 4.95. The van der Waals surface area contributed by atoms with Crippen LogP contribution < -0.4 is 4.90 Å². The van der Waals surface area contributed by atoms with E-state index in [9.17, 15) is 18.3 Å². The molecule has 0 aliphatic rings. The molecule has 1 heterocycles. The molecule has 6 heteroatoms. The number of anilines is 1. The number of halogens is 3. The molecule has 0 unspecified atom stereocenters. The van der Waals surface area contributed by atoms with Gasteiger partial charge in [-0.1, -0.05) is 6.92 Å². The quantitative estimate of drug-likeness (QED) is 0.886. The minimum absolute atomic E-state index is 0.247. The molecule has 3 nitrogen and oxygen atoms in total. The fraction of sp³-hybridized carbons (Fsp3) is 0.583. The maximum absolute atomic E-state index is 12.3. The Bertz CT molecular complexity index is 365. The van der Waals surface area contributed by atoms with Crippen LogP contribution in [-0.2, 0) is 0 Å². The van der Waals surface area contributed by atoms with E-state index in [1.807, 2.05) is 6.92 Å². The second-order valence-corrected chi connectivity index (χ2v) is 3.99. The van der Waals surface area contributed by atoms with Crippen LogP contribution in [0.15, 0.2) is 18.3 Å². The van der Waals surface area contributed by atoms with Crippen LogP contribution in [0.1, 0.15) is 32.1 Å². The summed E-state index contributed by atoms with van der Waals surface area (Å²) in [6, 6.07) is 3.11. The van der Waals surface area contributed by atoms with Crippen LogP contribution in [0.3, 0.4) is 0 Å². The summed E-state index contributed by atoms with van der Waals surface area (Å²) in [4.78, 5) is 5.18. The van der Waals surface area contributed by atoms with E-state index in [1.165, 1.54) is 11.1 Å². The van der Waals surface area contributed by atoms with Crippen LogP contribution in [-0.4, -0.2) is 29.4 Å². The Hall–Kier alpha value is -1.30. The van der Waals surface area contributed by atoms with Crippen molar-refractivity contribution in [1.82, 2.24) is 4.98 Å². The van der Waals surface area contributed by atoms with Crippen molar-refractivity contribution in [3.63, 3.8) is 0 Å². The average molecular weight is 262 g/mol. The van der Waals surface area contributed by atoms with Crippen molar-refractivity contribution in [2.24, 2.45) is 0 Å². The standard InChI is InChI=1S/C12H17F3N2O/c1-3-11(18)10-6-5-9(7-16-10)17(4-2)8-12(13,14)15/h5-7,11,18H,3-4,8H2,1-2H3/t11-/m0/s1. The number of aromatic nitrogens is 1. The molecule has 1 aromatic rings. The smallest absolute Gasteiger partial charge is 0.387 e. The van der Waals surface area contributed by atoms with Gasteiger partial charge in [0.1, 0.15) is 6.54 Å². The first-order valence-corrected chi connectivity index (χ1v) is 5.83. The Morgan fingerprint density at radius 3 is 2.39 bits per heavy atom. The van der Waals surface area contributed by atoms with Crippen LogP contribution in [0.5, 0.6) is 0 Å². The molecule has 1 N–H and O–H groups in total. The summed E-state index contributed by atoms with van der Waals surface area (Å²) in [5, 5.41) is 9.55. The second-order valence-electron chi connectivity index (χ2n) is 3.99. The fourth-order valence-electron chi connectivity index (χ4n) is 1.59. The molecule has 1 rings (SSSR count). The molecule has 0 aliphatic heterocycles. The number of rotatable bonds is 5. The van der Waals surface area contributed by atoms with Gasteiger partial charge in [0.15, 0.2) is 0 Å². The number of pyridine rings is 1. The highest BCUT2D eigenvalue weighted by Gasteiger charge is 2.30. The highest BCUT2D eigenvalue weighted by molar-refractivity contribution is 5.44. The van der Waals surface area contributed by atoms with Crippen LogP contribution >= 0.6 is 0 Å². The molecule has 0 bridgehead atoms. The maximum Gasteiger partial charge on any atom is 0.405 e. The first-order valence-electron chi connectivity index (χ1n) is 5.83. The number of hydrogen-bond donors (Lipinski definition) is 1. The van der Waals surface area contributed by atoms with Gasteiger partial charge < -0.3 is 10.0 Å². The van der Waals surface area contributed by atoms with Crippen molar-refractivity contribution in [2.75, 3.05) is 18.0 Å². The van der Waals surface area contributed by atoms with Crippen molar-refractivity contribution in [3.8, 4) is 0 Å². The van der Waals surface area contributed by atoms with Gasteiger partial charge in [-0.05, 0) is 25.5 Å². The van der Waals surface area contributed by atoms with Crippen molar-refractivity contribution in [2.45, 2.75) is 32.5 Å². The summed E-state index contributed by atoms with van der Waals surface area (Å²) in [6.45, 7) is 2.71. The van der Waals surface area contributed by atoms with Gasteiger partial charge >= 0.3 is 6.18 Å². The first-order chi connectivity index (χ1) is 8.37. The third kappa shape index (κ3) is 4.18. The predicted octanol–water partition coefficient (Wildman–Crippen LogP) is 2.91. The minimum Gasteiger partial charge on any atom is -0.387 e. The third-order valence-electron chi connectivity index (χ3n) is 2.62. The number of hydrogen-bond acceptors (Lipinski definition) is 3. The van der Waals surface area contributed by atoms with Crippen LogP contribution in [0.25, 0.3) is 0 Å². The lowest BCUT2D eigenvalue weighted by Gasteiger charge is -2.24. The SMILES string of the molecule is CC[C@H](O)c1ccc(N(CC)CC(F)(F)F)cn1. The van der Waals surface area contributed by atoms with Crippen molar-refractivity contribution in [3.05, 3.63) is 24.0 Å². The Morgan fingerprint density at radius 1 is 1.33 bits per heavy atom. The molecule has 0 fully saturated rings. The zero-order valence-electron chi connectivity index (χ0n) is 10.4. The molecule has 0 spiro atoms. The number of aliphatic hydroxyl groups excluding tert-OH is 1. The molecular formula is C12H17F3N2O. The lowest BCUT2D eigenvalue weighted by molar-refractivity contribution is -0.119. The zero-order valence-corrected chi connectivity index (χ0v) is 10.4. The van der Waals surface area contributed by atoms with E-state index in [2.05, 4.69) is 4.98 Å². The largest absolute Gasteiger partial charge is 0.405 e. The number of aliphatic hydroxyl groups is 1. The summed E-state index contributed by atoms with van der Waals surface area (Å²) >= 11 is 0. The highest BCUT2D eigenvalue weighted by atomic mass is 19.4. The van der Waals surface area contributed by atoms with Crippen LogP contribution in [0.4, 0.5) is 18.9 Å². The molecule has 0 aliphatic carbocycles. The summed E-state index contributed by atoms with van der Waals surface area (Å²) in [6.07, 6.45) is -3.02. The Balaban J connectivity index is 2.82. The monoisotopic (exact) mass is 262 g/mol. The molecule has 1 aromatic heterocycles. The molecule has 18 heavy (non-hydrogen) atoms. The molecule has 0 aromatic carbocycles. The summed E-state index contributed by atoms with van der Waals surface area (Å²) in [5.74, 6) is 0. The maximum atomic E-state index is 12.3. The van der Waals surface area contributed by atoms with Crippen molar-refractivity contribution < 1.29 is 18.3 Å². The summed E-state index contributed by atoms with van der Waals surface area (Å²) in [5.41, 5.74) is 0.881. The Labute approximate surface area is 104 Å². The minimum atomic E-state index is -4.24. The molecule has 0 radical (unpaired) electrons. The van der Waals surface area contributed by atoms with Gasteiger partial charge in [0.05, 0.1) is 23.7 Å². The highest BCUT2D eigenvalue weighted by Crippen LogP contribution is 2.22. The van der Waals surface area contributed by atoms with E-state index >= 15 is 0 Å². The second kappa shape index (κ2) is 6.04. The fourth-order valence-corrected chi connectivity index (χ4v) is 1.59.